The fraction of sp³-hybridized carbons (Fsp3) is 0.235. The van der Waals surface area contributed by atoms with Crippen LogP contribution in [0.1, 0.15) is 31.4 Å². The fourth-order valence-corrected chi connectivity index (χ4v) is 2.70. The van der Waals surface area contributed by atoms with Gasteiger partial charge in [0.15, 0.2) is 0 Å². The van der Waals surface area contributed by atoms with Gasteiger partial charge in [-0.3, -0.25) is 4.98 Å². The number of rotatable bonds is 4. The first-order valence-electron chi connectivity index (χ1n) is 6.85. The second-order valence-electron chi connectivity index (χ2n) is 4.87. The van der Waals surface area contributed by atoms with E-state index in [9.17, 15) is 0 Å². The Kier molecular flexibility index (Phi) is 3.32. The van der Waals surface area contributed by atoms with Gasteiger partial charge in [-0.1, -0.05) is 31.5 Å². The number of pyridine rings is 1. The lowest BCUT2D eigenvalue weighted by atomic mass is 10.0. The van der Waals surface area contributed by atoms with Crippen molar-refractivity contribution in [1.82, 2.24) is 9.55 Å². The molecule has 3 rings (SSSR count). The van der Waals surface area contributed by atoms with Gasteiger partial charge in [-0.05, 0) is 41.6 Å². The number of aromatic nitrogens is 2. The lowest BCUT2D eigenvalue weighted by molar-refractivity contribution is 0.548. The summed E-state index contributed by atoms with van der Waals surface area (Å²) in [5, 5.41) is 1.30. The van der Waals surface area contributed by atoms with Crippen molar-refractivity contribution in [3.8, 4) is 0 Å². The lowest BCUT2D eigenvalue weighted by Crippen LogP contribution is -2.09. The van der Waals surface area contributed by atoms with Gasteiger partial charge in [0.25, 0.3) is 0 Å². The summed E-state index contributed by atoms with van der Waals surface area (Å²) in [6, 6.07) is 15.4. The smallest absolute Gasteiger partial charge is 0.0586 e. The van der Waals surface area contributed by atoms with E-state index in [1.165, 1.54) is 22.9 Å². The van der Waals surface area contributed by atoms with Gasteiger partial charge in [-0.15, -0.1) is 0 Å². The van der Waals surface area contributed by atoms with E-state index >= 15 is 0 Å². The predicted octanol–water partition coefficient (Wildman–Crippen LogP) is 4.43. The van der Waals surface area contributed by atoms with Crippen LogP contribution in [0.15, 0.2) is 61.1 Å². The average molecular weight is 250 g/mol. The molecule has 0 amide bonds. The molecule has 0 fully saturated rings. The predicted molar refractivity (Wildman–Crippen MR) is 79.2 cm³/mol. The van der Waals surface area contributed by atoms with Gasteiger partial charge in [0, 0.05) is 24.1 Å². The van der Waals surface area contributed by atoms with E-state index in [4.69, 9.17) is 0 Å². The molecular weight excluding hydrogens is 232 g/mol. The monoisotopic (exact) mass is 250 g/mol. The summed E-state index contributed by atoms with van der Waals surface area (Å²) in [7, 11) is 0. The first-order chi connectivity index (χ1) is 9.40. The highest BCUT2D eigenvalue weighted by molar-refractivity contribution is 5.80. The quantitative estimate of drug-likeness (QED) is 0.670. The van der Waals surface area contributed by atoms with E-state index in [0.29, 0.717) is 6.04 Å². The largest absolute Gasteiger partial charge is 0.340 e. The lowest BCUT2D eigenvalue weighted by Gasteiger charge is -2.20. The molecule has 0 radical (unpaired) electrons. The third-order valence-corrected chi connectivity index (χ3v) is 3.62. The zero-order valence-electron chi connectivity index (χ0n) is 11.2. The molecule has 0 N–H and O–H groups in total. The zero-order valence-corrected chi connectivity index (χ0v) is 11.2. The first-order valence-corrected chi connectivity index (χ1v) is 6.85. The van der Waals surface area contributed by atoms with E-state index in [1.807, 2.05) is 12.4 Å². The molecule has 1 aromatic carbocycles. The molecule has 0 saturated heterocycles. The standard InChI is InChI=1S/C17H18N2/c1-2-5-16(15-8-11-18-12-9-15)19-13-10-14-6-3-4-7-17(14)19/h3-4,6-13,16H,2,5H2,1H3/t16-/m0/s1. The van der Waals surface area contributed by atoms with Crippen LogP contribution in [0.3, 0.4) is 0 Å². The van der Waals surface area contributed by atoms with E-state index in [0.717, 1.165) is 6.42 Å². The first kappa shape index (κ1) is 12.0. The van der Waals surface area contributed by atoms with Crippen LogP contribution in [0.2, 0.25) is 0 Å². The summed E-state index contributed by atoms with van der Waals surface area (Å²) in [5.74, 6) is 0. The number of fused-ring (bicyclic) bond motifs is 1. The number of hydrogen-bond donors (Lipinski definition) is 0. The maximum atomic E-state index is 4.12. The Morgan fingerprint density at radius 3 is 2.63 bits per heavy atom. The normalized spacial score (nSPS) is 12.7. The minimum Gasteiger partial charge on any atom is -0.340 e. The van der Waals surface area contributed by atoms with Crippen LogP contribution in [0.25, 0.3) is 10.9 Å². The number of benzene rings is 1. The van der Waals surface area contributed by atoms with Crippen LogP contribution >= 0.6 is 0 Å². The third kappa shape index (κ3) is 2.26. The number of hydrogen-bond acceptors (Lipinski definition) is 1. The van der Waals surface area contributed by atoms with Crippen molar-refractivity contribution in [2.24, 2.45) is 0 Å². The highest BCUT2D eigenvalue weighted by atomic mass is 15.0. The molecule has 2 aromatic heterocycles. The number of nitrogens with zero attached hydrogens (tertiary/aromatic N) is 2. The summed E-state index contributed by atoms with van der Waals surface area (Å²) < 4.78 is 2.38. The van der Waals surface area contributed by atoms with Crippen LogP contribution < -0.4 is 0 Å². The van der Waals surface area contributed by atoms with Crippen LogP contribution in [-0.4, -0.2) is 9.55 Å². The Morgan fingerprint density at radius 2 is 1.84 bits per heavy atom. The minimum absolute atomic E-state index is 0.396. The Balaban J connectivity index is 2.10. The Hall–Kier alpha value is -2.09. The SMILES string of the molecule is CCC[C@@H](c1ccncc1)n1ccc2ccccc21. The molecule has 0 spiro atoms. The van der Waals surface area contributed by atoms with Crippen LogP contribution in [-0.2, 0) is 0 Å². The van der Waals surface area contributed by atoms with Crippen molar-refractivity contribution in [1.29, 1.82) is 0 Å². The van der Waals surface area contributed by atoms with Gasteiger partial charge in [0.1, 0.15) is 0 Å². The molecule has 0 unspecified atom stereocenters. The molecule has 0 aliphatic rings. The second kappa shape index (κ2) is 5.27. The van der Waals surface area contributed by atoms with Gasteiger partial charge in [-0.2, -0.15) is 0 Å². The Labute approximate surface area is 113 Å². The van der Waals surface area contributed by atoms with Crippen molar-refractivity contribution in [2.75, 3.05) is 0 Å². The van der Waals surface area contributed by atoms with Gasteiger partial charge in [0.05, 0.1) is 6.04 Å². The van der Waals surface area contributed by atoms with Crippen molar-refractivity contribution in [2.45, 2.75) is 25.8 Å². The maximum absolute atomic E-state index is 4.12. The molecule has 0 aliphatic carbocycles. The Bertz CT molecular complexity index is 655. The highest BCUT2D eigenvalue weighted by Crippen LogP contribution is 2.28. The van der Waals surface area contributed by atoms with E-state index < -0.39 is 0 Å². The van der Waals surface area contributed by atoms with Gasteiger partial charge >= 0.3 is 0 Å². The van der Waals surface area contributed by atoms with Crippen molar-refractivity contribution < 1.29 is 0 Å². The Morgan fingerprint density at radius 1 is 1.05 bits per heavy atom. The molecule has 2 nitrogen and oxygen atoms in total. The molecular formula is C17H18N2. The van der Waals surface area contributed by atoms with E-state index in [1.54, 1.807) is 0 Å². The van der Waals surface area contributed by atoms with Crippen molar-refractivity contribution in [3.63, 3.8) is 0 Å². The molecule has 19 heavy (non-hydrogen) atoms. The third-order valence-electron chi connectivity index (χ3n) is 3.62. The van der Waals surface area contributed by atoms with Gasteiger partial charge < -0.3 is 4.57 Å². The summed E-state index contributed by atoms with van der Waals surface area (Å²) in [6.07, 6.45) is 8.26. The molecule has 0 bridgehead atoms. The van der Waals surface area contributed by atoms with Crippen LogP contribution in [0.4, 0.5) is 0 Å². The zero-order chi connectivity index (χ0) is 13.1. The van der Waals surface area contributed by atoms with Crippen LogP contribution in [0, 0.1) is 0 Å². The summed E-state index contributed by atoms with van der Waals surface area (Å²) in [6.45, 7) is 2.24. The van der Waals surface area contributed by atoms with E-state index in [-0.39, 0.29) is 0 Å². The molecule has 0 aliphatic heterocycles. The average Bonchev–Trinajstić information content (AvgIpc) is 2.89. The fourth-order valence-electron chi connectivity index (χ4n) is 2.70. The second-order valence-corrected chi connectivity index (χ2v) is 4.87. The van der Waals surface area contributed by atoms with Gasteiger partial charge in [-0.25, -0.2) is 0 Å². The molecule has 0 saturated carbocycles. The van der Waals surface area contributed by atoms with Gasteiger partial charge in [0.2, 0.25) is 0 Å². The minimum atomic E-state index is 0.396. The summed E-state index contributed by atoms with van der Waals surface area (Å²) in [4.78, 5) is 4.12. The molecule has 2 heterocycles. The molecule has 1 atom stereocenters. The highest BCUT2D eigenvalue weighted by Gasteiger charge is 2.14. The molecule has 2 heteroatoms. The molecule has 96 valence electrons. The van der Waals surface area contributed by atoms with E-state index in [2.05, 4.69) is 65.1 Å². The van der Waals surface area contributed by atoms with Crippen molar-refractivity contribution in [3.05, 3.63) is 66.6 Å². The topological polar surface area (TPSA) is 17.8 Å². The maximum Gasteiger partial charge on any atom is 0.0586 e. The van der Waals surface area contributed by atoms with Crippen molar-refractivity contribution >= 4 is 10.9 Å². The number of para-hydroxylation sites is 1. The summed E-state index contributed by atoms with van der Waals surface area (Å²) in [5.41, 5.74) is 2.64. The molecule has 3 aromatic rings. The van der Waals surface area contributed by atoms with Crippen LogP contribution in [0.5, 0.6) is 0 Å². The summed E-state index contributed by atoms with van der Waals surface area (Å²) >= 11 is 0.